The van der Waals surface area contributed by atoms with Crippen molar-refractivity contribution in [1.82, 2.24) is 24.4 Å². The van der Waals surface area contributed by atoms with Gasteiger partial charge in [-0.25, -0.2) is 19.3 Å². The number of rotatable bonds is 12. The number of methoxy groups -OCH3 is 2. The number of fused-ring (bicyclic) bond motifs is 1. The zero-order chi connectivity index (χ0) is 36.1. The highest BCUT2D eigenvalue weighted by atomic mass is 35.5. The van der Waals surface area contributed by atoms with E-state index in [0.29, 0.717) is 59.4 Å². The number of halogens is 1. The molecule has 1 amide bonds. The minimum Gasteiger partial charge on any atom is -0.497 e. The van der Waals surface area contributed by atoms with Crippen LogP contribution in [0.3, 0.4) is 0 Å². The number of imidazole rings is 1. The van der Waals surface area contributed by atoms with Crippen LogP contribution < -0.4 is 35.9 Å². The predicted molar refractivity (Wildman–Crippen MR) is 197 cm³/mol. The van der Waals surface area contributed by atoms with Gasteiger partial charge in [0.25, 0.3) is 5.56 Å². The lowest BCUT2D eigenvalue weighted by Crippen LogP contribution is -2.38. The van der Waals surface area contributed by atoms with Crippen LogP contribution in [0.15, 0.2) is 71.9 Å². The van der Waals surface area contributed by atoms with Crippen molar-refractivity contribution < 1.29 is 23.7 Å². The predicted octanol–water partition coefficient (Wildman–Crippen LogP) is 4.47. The molecule has 3 aromatic heterocycles. The standard InChI is InChI=1S/C36H41ClN8O6/c1-23(20-51-21-24-15-29(38)35(46)44(18-24)27-8-6-26(7-9-27)43-11-13-50-14-12-43)40-36(47)45-22-39-33-30(17-32(37)41-34(33)45)42(2)19-25-5-10-28(48-3)16-31(25)49-4/h5-10,15-18,22-23H,11-14,19-21,38H2,1-4H3,(H,40,47)/t23-/m1/s1. The first kappa shape index (κ1) is 35.5. The topological polar surface area (TPSA) is 151 Å². The fourth-order valence-electron chi connectivity index (χ4n) is 5.96. The average Bonchev–Trinajstić information content (AvgIpc) is 3.57. The van der Waals surface area contributed by atoms with Crippen molar-refractivity contribution in [1.29, 1.82) is 0 Å². The van der Waals surface area contributed by atoms with Gasteiger partial charge in [-0.05, 0) is 55.0 Å². The van der Waals surface area contributed by atoms with Crippen LogP contribution in [0.2, 0.25) is 5.15 Å². The number of hydrogen-bond acceptors (Lipinski definition) is 11. The van der Waals surface area contributed by atoms with E-state index in [0.717, 1.165) is 24.3 Å². The molecule has 5 aromatic rings. The number of nitrogens with one attached hydrogen (secondary N) is 1. The third-order valence-electron chi connectivity index (χ3n) is 8.60. The van der Waals surface area contributed by atoms with Crippen LogP contribution in [-0.4, -0.2) is 85.4 Å². The van der Waals surface area contributed by atoms with E-state index in [-0.39, 0.29) is 35.7 Å². The Kier molecular flexibility index (Phi) is 10.9. The molecule has 0 unspecified atom stereocenters. The van der Waals surface area contributed by atoms with Crippen molar-refractivity contribution in [2.24, 2.45) is 0 Å². The Morgan fingerprint density at radius 3 is 2.55 bits per heavy atom. The number of anilines is 3. The third kappa shape index (κ3) is 8.03. The number of aromatic nitrogens is 4. The van der Waals surface area contributed by atoms with E-state index in [1.165, 1.54) is 15.5 Å². The number of nitrogens with two attached hydrogens (primary N) is 1. The lowest BCUT2D eigenvalue weighted by atomic mass is 10.1. The number of nitrogen functional groups attached to an aromatic ring is 1. The molecule has 14 nitrogen and oxygen atoms in total. The van der Waals surface area contributed by atoms with Crippen LogP contribution in [0.25, 0.3) is 16.9 Å². The van der Waals surface area contributed by atoms with Crippen molar-refractivity contribution in [2.75, 3.05) is 69.7 Å². The van der Waals surface area contributed by atoms with Gasteiger partial charge in [-0.3, -0.25) is 9.36 Å². The molecule has 0 aliphatic carbocycles. The largest absolute Gasteiger partial charge is 0.497 e. The van der Waals surface area contributed by atoms with Gasteiger partial charge >= 0.3 is 6.03 Å². The number of morpholine rings is 1. The fourth-order valence-corrected chi connectivity index (χ4v) is 6.14. The molecular formula is C36H41ClN8O6. The van der Waals surface area contributed by atoms with Crippen LogP contribution in [0.1, 0.15) is 18.1 Å². The Labute approximate surface area is 300 Å². The van der Waals surface area contributed by atoms with E-state index in [4.69, 9.17) is 36.3 Å². The van der Waals surface area contributed by atoms with Crippen LogP contribution in [0, 0.1) is 0 Å². The smallest absolute Gasteiger partial charge is 0.328 e. The van der Waals surface area contributed by atoms with Gasteiger partial charge in [-0.15, -0.1) is 0 Å². The lowest BCUT2D eigenvalue weighted by Gasteiger charge is -2.29. The summed E-state index contributed by atoms with van der Waals surface area (Å²) < 4.78 is 25.1. The molecule has 15 heteroatoms. The van der Waals surface area contributed by atoms with Gasteiger partial charge in [0.05, 0.1) is 58.1 Å². The summed E-state index contributed by atoms with van der Waals surface area (Å²) in [6, 6.07) is 15.9. The summed E-state index contributed by atoms with van der Waals surface area (Å²) in [6.45, 7) is 5.69. The number of nitrogens with zero attached hydrogens (tertiary/aromatic N) is 6. The van der Waals surface area contributed by atoms with Crippen molar-refractivity contribution in [3.8, 4) is 17.2 Å². The number of ether oxygens (including phenoxy) is 4. The molecule has 0 saturated carbocycles. The highest BCUT2D eigenvalue weighted by Crippen LogP contribution is 2.31. The number of carbonyl (C=O) groups excluding carboxylic acids is 1. The molecule has 6 rings (SSSR count). The zero-order valence-electron chi connectivity index (χ0n) is 29.0. The highest BCUT2D eigenvalue weighted by molar-refractivity contribution is 6.30. The summed E-state index contributed by atoms with van der Waals surface area (Å²) in [4.78, 5) is 39.4. The second-order valence-electron chi connectivity index (χ2n) is 12.2. The highest BCUT2D eigenvalue weighted by Gasteiger charge is 2.20. The summed E-state index contributed by atoms with van der Waals surface area (Å²) >= 11 is 6.44. The minimum atomic E-state index is -0.438. The van der Waals surface area contributed by atoms with E-state index < -0.39 is 6.03 Å². The maximum Gasteiger partial charge on any atom is 0.328 e. The quantitative estimate of drug-likeness (QED) is 0.176. The first-order chi connectivity index (χ1) is 24.6. The molecule has 1 saturated heterocycles. The van der Waals surface area contributed by atoms with Crippen molar-refractivity contribution in [3.63, 3.8) is 0 Å². The Morgan fingerprint density at radius 1 is 1.08 bits per heavy atom. The van der Waals surface area contributed by atoms with Crippen LogP contribution in [0.5, 0.6) is 11.5 Å². The Hall–Kier alpha value is -5.31. The summed E-state index contributed by atoms with van der Waals surface area (Å²) in [5.74, 6) is 1.37. The molecule has 1 aliphatic heterocycles. The number of amides is 1. The van der Waals surface area contributed by atoms with Crippen LogP contribution >= 0.6 is 11.6 Å². The van der Waals surface area contributed by atoms with E-state index in [1.807, 2.05) is 61.3 Å². The zero-order valence-corrected chi connectivity index (χ0v) is 29.7. The van der Waals surface area contributed by atoms with Gasteiger partial charge in [0, 0.05) is 61.9 Å². The molecule has 268 valence electrons. The van der Waals surface area contributed by atoms with Gasteiger partial charge in [-0.1, -0.05) is 11.6 Å². The fraction of sp³-hybridized carbons (Fsp3) is 0.333. The van der Waals surface area contributed by atoms with Gasteiger partial charge < -0.3 is 39.8 Å². The molecule has 51 heavy (non-hydrogen) atoms. The first-order valence-electron chi connectivity index (χ1n) is 16.4. The molecule has 0 spiro atoms. The van der Waals surface area contributed by atoms with E-state index in [1.54, 1.807) is 32.5 Å². The Bertz CT molecular complexity index is 2060. The van der Waals surface area contributed by atoms with Crippen molar-refractivity contribution >= 4 is 45.9 Å². The molecule has 1 fully saturated rings. The molecule has 0 radical (unpaired) electrons. The molecule has 2 aromatic carbocycles. The van der Waals surface area contributed by atoms with E-state index >= 15 is 0 Å². The van der Waals surface area contributed by atoms with Gasteiger partial charge in [-0.2, -0.15) is 0 Å². The lowest BCUT2D eigenvalue weighted by molar-refractivity contribution is 0.104. The molecular weight excluding hydrogens is 676 g/mol. The summed E-state index contributed by atoms with van der Waals surface area (Å²) in [5, 5.41) is 3.14. The molecule has 4 heterocycles. The molecule has 1 aliphatic rings. The number of benzene rings is 2. The maximum atomic E-state index is 13.4. The Morgan fingerprint density at radius 2 is 1.82 bits per heavy atom. The number of hydrogen-bond donors (Lipinski definition) is 2. The molecule has 1 atom stereocenters. The van der Waals surface area contributed by atoms with Crippen molar-refractivity contribution in [3.05, 3.63) is 93.8 Å². The summed E-state index contributed by atoms with van der Waals surface area (Å²) in [5.41, 5.74) is 10.8. The van der Waals surface area contributed by atoms with Crippen LogP contribution in [-0.2, 0) is 22.6 Å². The normalized spacial score (nSPS) is 13.6. The maximum absolute atomic E-state index is 13.4. The number of carbonyl (C=O) groups is 1. The number of pyridine rings is 2. The average molecular weight is 717 g/mol. The summed E-state index contributed by atoms with van der Waals surface area (Å²) in [7, 11) is 5.11. The van der Waals surface area contributed by atoms with E-state index in [2.05, 4.69) is 20.2 Å². The van der Waals surface area contributed by atoms with Crippen LogP contribution in [0.4, 0.5) is 21.9 Å². The Balaban J connectivity index is 1.09. The second-order valence-corrected chi connectivity index (χ2v) is 12.6. The molecule has 3 N–H and O–H groups in total. The van der Waals surface area contributed by atoms with Gasteiger partial charge in [0.2, 0.25) is 0 Å². The minimum absolute atomic E-state index is 0.112. The second kappa shape index (κ2) is 15.7. The molecule has 0 bridgehead atoms. The SMILES string of the molecule is COc1ccc(CN(C)c2cc(Cl)nc3c2ncn3C(=O)N[C@H](C)COCc2cc(N)c(=O)n(-c3ccc(N4CCOCC4)cc3)c2)c(OC)c1. The summed E-state index contributed by atoms with van der Waals surface area (Å²) in [6.07, 6.45) is 3.14. The van der Waals surface area contributed by atoms with Gasteiger partial charge in [0.1, 0.15) is 28.5 Å². The first-order valence-corrected chi connectivity index (χ1v) is 16.8. The monoisotopic (exact) mass is 716 g/mol. The van der Waals surface area contributed by atoms with E-state index in [9.17, 15) is 9.59 Å². The van der Waals surface area contributed by atoms with Gasteiger partial charge in [0.15, 0.2) is 5.65 Å². The third-order valence-corrected chi connectivity index (χ3v) is 8.79. The van der Waals surface area contributed by atoms with Crippen molar-refractivity contribution in [2.45, 2.75) is 26.1 Å².